The Morgan fingerprint density at radius 3 is 2.30 bits per heavy atom. The number of nitrogens with zero attached hydrogens (tertiary/aromatic N) is 4. The number of amides is 1. The van der Waals surface area contributed by atoms with Crippen LogP contribution in [0.2, 0.25) is 0 Å². The van der Waals surface area contributed by atoms with Crippen LogP contribution in [-0.4, -0.2) is 42.8 Å². The summed E-state index contributed by atoms with van der Waals surface area (Å²) in [4.78, 5) is 33.4. The van der Waals surface area contributed by atoms with Crippen molar-refractivity contribution in [2.75, 3.05) is 5.32 Å². The molecule has 1 unspecified atom stereocenters. The molecule has 0 saturated carbocycles. The maximum Gasteiger partial charge on any atom is 0.326 e. The van der Waals surface area contributed by atoms with Crippen LogP contribution in [0.15, 0.2) is 61.1 Å². The monoisotopic (exact) mass is 498 g/mol. The molecule has 4 aromatic rings. The van der Waals surface area contributed by atoms with Crippen molar-refractivity contribution in [3.8, 4) is 5.69 Å². The number of aliphatic carboxylic acids is 1. The van der Waals surface area contributed by atoms with E-state index in [9.17, 15) is 14.7 Å². The number of carbonyl (C=O) groups is 2. The molecule has 0 bridgehead atoms. The van der Waals surface area contributed by atoms with E-state index in [4.69, 9.17) is 0 Å². The van der Waals surface area contributed by atoms with Gasteiger partial charge in [-0.3, -0.25) is 4.79 Å². The number of pyridine rings is 1. The van der Waals surface area contributed by atoms with Gasteiger partial charge in [0.15, 0.2) is 5.82 Å². The molecule has 0 fully saturated rings. The molecule has 2 aromatic heterocycles. The Labute approximate surface area is 215 Å². The number of hydrogen-bond donors (Lipinski definition) is 3. The first-order valence-corrected chi connectivity index (χ1v) is 12.0. The van der Waals surface area contributed by atoms with E-state index in [1.54, 1.807) is 17.2 Å². The van der Waals surface area contributed by atoms with Gasteiger partial charge in [0.25, 0.3) is 5.91 Å². The molecule has 0 aliphatic carbocycles. The Hall–Kier alpha value is -4.53. The zero-order chi connectivity index (χ0) is 26.5. The average molecular weight is 499 g/mol. The van der Waals surface area contributed by atoms with E-state index >= 15 is 0 Å². The third-order valence-corrected chi connectivity index (χ3v) is 6.03. The summed E-state index contributed by atoms with van der Waals surface area (Å²) in [6.07, 6.45) is 3.53. The zero-order valence-corrected chi connectivity index (χ0v) is 21.3. The SMILES string of the molecule is Cc1ccnc(NCc2ncn(-c3ccc(CC(NC(=O)c4c(C)cc(C)cc4C)C(=O)O)cc3)n2)c1. The second-order valence-electron chi connectivity index (χ2n) is 9.19. The summed E-state index contributed by atoms with van der Waals surface area (Å²) >= 11 is 0. The Morgan fingerprint density at radius 2 is 1.65 bits per heavy atom. The smallest absolute Gasteiger partial charge is 0.326 e. The van der Waals surface area contributed by atoms with Crippen molar-refractivity contribution < 1.29 is 14.7 Å². The summed E-state index contributed by atoms with van der Waals surface area (Å²) in [5.41, 5.74) is 5.89. The van der Waals surface area contributed by atoms with Crippen LogP contribution < -0.4 is 10.6 Å². The number of rotatable bonds is 9. The number of hydrogen-bond acceptors (Lipinski definition) is 6. The molecule has 190 valence electrons. The molecule has 0 radical (unpaired) electrons. The molecule has 9 heteroatoms. The first-order chi connectivity index (χ1) is 17.7. The van der Waals surface area contributed by atoms with Gasteiger partial charge in [-0.2, -0.15) is 0 Å². The quantitative estimate of drug-likeness (QED) is 0.320. The standard InChI is InChI=1S/C28H30N6O3/c1-17-9-10-29-24(13-17)30-15-25-31-16-34(33-25)22-7-5-21(6-8-22)14-23(28(36)37)32-27(35)26-19(3)11-18(2)12-20(26)4/h5-13,16,23H,14-15H2,1-4H3,(H,29,30)(H,32,35)(H,36,37). The number of benzene rings is 2. The number of aromatic nitrogens is 4. The second kappa shape index (κ2) is 11.0. The number of carbonyl (C=O) groups excluding carboxylic acids is 1. The average Bonchev–Trinajstić information content (AvgIpc) is 3.31. The number of nitrogens with one attached hydrogen (secondary N) is 2. The van der Waals surface area contributed by atoms with Crippen LogP contribution in [0.3, 0.4) is 0 Å². The van der Waals surface area contributed by atoms with E-state index in [0.717, 1.165) is 39.3 Å². The maximum atomic E-state index is 12.9. The molecule has 1 atom stereocenters. The van der Waals surface area contributed by atoms with Crippen molar-refractivity contribution in [1.82, 2.24) is 25.1 Å². The fraction of sp³-hybridized carbons (Fsp3) is 0.250. The largest absolute Gasteiger partial charge is 0.480 e. The fourth-order valence-electron chi connectivity index (χ4n) is 4.29. The molecule has 3 N–H and O–H groups in total. The molecule has 0 aliphatic heterocycles. The highest BCUT2D eigenvalue weighted by Gasteiger charge is 2.23. The van der Waals surface area contributed by atoms with Gasteiger partial charge in [-0.05, 0) is 74.2 Å². The number of carboxylic acid groups (broad SMARTS) is 1. The van der Waals surface area contributed by atoms with Crippen LogP contribution in [0.25, 0.3) is 5.69 Å². The van der Waals surface area contributed by atoms with Crippen molar-refractivity contribution in [1.29, 1.82) is 0 Å². The summed E-state index contributed by atoms with van der Waals surface area (Å²) in [7, 11) is 0. The van der Waals surface area contributed by atoms with Crippen molar-refractivity contribution in [3.63, 3.8) is 0 Å². The van der Waals surface area contributed by atoms with Crippen LogP contribution in [0.1, 0.15) is 44.0 Å². The van der Waals surface area contributed by atoms with Gasteiger partial charge in [0.05, 0.1) is 12.2 Å². The maximum absolute atomic E-state index is 12.9. The molecule has 0 aliphatic rings. The van der Waals surface area contributed by atoms with Gasteiger partial charge in [0.1, 0.15) is 18.2 Å². The molecule has 2 heterocycles. The summed E-state index contributed by atoms with van der Waals surface area (Å²) in [5.74, 6) is -0.101. The minimum absolute atomic E-state index is 0.154. The normalized spacial score (nSPS) is 11.7. The van der Waals surface area contributed by atoms with Crippen molar-refractivity contribution in [2.24, 2.45) is 0 Å². The van der Waals surface area contributed by atoms with Gasteiger partial charge in [-0.1, -0.05) is 29.8 Å². The van der Waals surface area contributed by atoms with E-state index in [2.05, 4.69) is 25.7 Å². The Bertz CT molecular complexity index is 1410. The topological polar surface area (TPSA) is 122 Å². The third-order valence-electron chi connectivity index (χ3n) is 6.03. The molecule has 0 spiro atoms. The van der Waals surface area contributed by atoms with Crippen LogP contribution in [0, 0.1) is 27.7 Å². The Morgan fingerprint density at radius 1 is 0.946 bits per heavy atom. The van der Waals surface area contributed by atoms with Crippen LogP contribution >= 0.6 is 0 Å². The first kappa shape index (κ1) is 25.6. The van der Waals surface area contributed by atoms with Crippen molar-refractivity contribution >= 4 is 17.7 Å². The summed E-state index contributed by atoms with van der Waals surface area (Å²) < 4.78 is 1.66. The lowest BCUT2D eigenvalue weighted by Crippen LogP contribution is -2.42. The lowest BCUT2D eigenvalue weighted by molar-refractivity contribution is -0.139. The number of aryl methyl sites for hydroxylation is 4. The predicted molar refractivity (Wildman–Crippen MR) is 141 cm³/mol. The highest BCUT2D eigenvalue weighted by molar-refractivity contribution is 5.99. The van der Waals surface area contributed by atoms with E-state index in [0.29, 0.717) is 17.9 Å². The Balaban J connectivity index is 1.40. The fourth-order valence-corrected chi connectivity index (χ4v) is 4.29. The van der Waals surface area contributed by atoms with E-state index in [1.165, 1.54) is 0 Å². The number of anilines is 1. The second-order valence-corrected chi connectivity index (χ2v) is 9.19. The minimum Gasteiger partial charge on any atom is -0.480 e. The lowest BCUT2D eigenvalue weighted by Gasteiger charge is -2.17. The van der Waals surface area contributed by atoms with Gasteiger partial charge in [0, 0.05) is 18.2 Å². The van der Waals surface area contributed by atoms with Crippen LogP contribution in [0.4, 0.5) is 5.82 Å². The van der Waals surface area contributed by atoms with E-state index in [-0.39, 0.29) is 12.3 Å². The highest BCUT2D eigenvalue weighted by Crippen LogP contribution is 2.17. The molecule has 2 aromatic carbocycles. The lowest BCUT2D eigenvalue weighted by atomic mass is 9.98. The molecule has 4 rings (SSSR count). The first-order valence-electron chi connectivity index (χ1n) is 12.0. The predicted octanol–water partition coefficient (Wildman–Crippen LogP) is 3.93. The third kappa shape index (κ3) is 6.38. The number of carboxylic acids is 1. The summed E-state index contributed by atoms with van der Waals surface area (Å²) in [5, 5.41) is 20.1. The summed E-state index contributed by atoms with van der Waals surface area (Å²) in [6.45, 7) is 8.11. The minimum atomic E-state index is -1.09. The van der Waals surface area contributed by atoms with E-state index in [1.807, 2.05) is 76.2 Å². The van der Waals surface area contributed by atoms with Gasteiger partial charge in [-0.15, -0.1) is 5.10 Å². The molecule has 1 amide bonds. The molecule has 37 heavy (non-hydrogen) atoms. The van der Waals surface area contributed by atoms with Crippen molar-refractivity contribution in [3.05, 3.63) is 100 Å². The molecular formula is C28H30N6O3. The van der Waals surface area contributed by atoms with Gasteiger partial charge < -0.3 is 15.7 Å². The van der Waals surface area contributed by atoms with Gasteiger partial charge in [-0.25, -0.2) is 19.4 Å². The van der Waals surface area contributed by atoms with E-state index < -0.39 is 12.0 Å². The van der Waals surface area contributed by atoms with Crippen molar-refractivity contribution in [2.45, 2.75) is 46.7 Å². The highest BCUT2D eigenvalue weighted by atomic mass is 16.4. The molecule has 9 nitrogen and oxygen atoms in total. The molecule has 0 saturated heterocycles. The van der Waals surface area contributed by atoms with Gasteiger partial charge in [0.2, 0.25) is 0 Å². The Kier molecular flexibility index (Phi) is 7.62. The molecular weight excluding hydrogens is 468 g/mol. The summed E-state index contributed by atoms with van der Waals surface area (Å²) in [6, 6.07) is 14.0. The van der Waals surface area contributed by atoms with Gasteiger partial charge >= 0.3 is 5.97 Å². The van der Waals surface area contributed by atoms with Crippen LogP contribution in [-0.2, 0) is 17.8 Å². The zero-order valence-electron chi connectivity index (χ0n) is 21.3. The van der Waals surface area contributed by atoms with Crippen LogP contribution in [0.5, 0.6) is 0 Å².